The zero-order chi connectivity index (χ0) is 14.2. The summed E-state index contributed by atoms with van der Waals surface area (Å²) in [5.74, 6) is 2.37. The van der Waals surface area contributed by atoms with E-state index in [0.717, 1.165) is 28.1 Å². The van der Waals surface area contributed by atoms with E-state index in [-0.39, 0.29) is 0 Å². The van der Waals surface area contributed by atoms with Crippen LogP contribution in [0.25, 0.3) is 0 Å². The molecule has 0 aliphatic heterocycles. The van der Waals surface area contributed by atoms with Crippen molar-refractivity contribution in [2.45, 2.75) is 6.42 Å². The maximum Gasteiger partial charge on any atom is 0.161 e. The summed E-state index contributed by atoms with van der Waals surface area (Å²) in [7, 11) is 1.64. The maximum atomic E-state index is 5.68. The van der Waals surface area contributed by atoms with Gasteiger partial charge in [-0.1, -0.05) is 34.1 Å². The van der Waals surface area contributed by atoms with Gasteiger partial charge < -0.3 is 14.2 Å². The van der Waals surface area contributed by atoms with Gasteiger partial charge in [-0.05, 0) is 30.3 Å². The minimum Gasteiger partial charge on any atom is -0.493 e. The number of benzene rings is 2. The quantitative estimate of drug-likeness (QED) is 0.705. The molecule has 0 unspecified atom stereocenters. The molecule has 0 heterocycles. The zero-order valence-electron chi connectivity index (χ0n) is 11.3. The standard InChI is InChI=1S/C16H17BrO3/c1-18-15-8-2-3-9-16(15)20-11-5-10-19-14-7-4-6-13(17)12-14/h2-4,6-9,12H,5,10-11H2,1H3. The number of halogens is 1. The Kier molecular flexibility index (Phi) is 5.74. The zero-order valence-corrected chi connectivity index (χ0v) is 12.9. The minimum atomic E-state index is 0.592. The fourth-order valence-electron chi connectivity index (χ4n) is 1.73. The second-order valence-electron chi connectivity index (χ2n) is 4.16. The first-order valence-corrected chi connectivity index (χ1v) is 7.23. The Hall–Kier alpha value is -1.68. The molecular weight excluding hydrogens is 320 g/mol. The summed E-state index contributed by atoms with van der Waals surface area (Å²) in [5.41, 5.74) is 0. The molecule has 0 bridgehead atoms. The van der Waals surface area contributed by atoms with Gasteiger partial charge in [-0.25, -0.2) is 0 Å². The van der Waals surface area contributed by atoms with Crippen LogP contribution in [-0.4, -0.2) is 20.3 Å². The van der Waals surface area contributed by atoms with E-state index in [9.17, 15) is 0 Å². The second-order valence-corrected chi connectivity index (χ2v) is 5.07. The van der Waals surface area contributed by atoms with Gasteiger partial charge in [0, 0.05) is 10.9 Å². The topological polar surface area (TPSA) is 27.7 Å². The van der Waals surface area contributed by atoms with Gasteiger partial charge >= 0.3 is 0 Å². The Bertz CT molecular complexity index is 543. The molecule has 4 heteroatoms. The van der Waals surface area contributed by atoms with Crippen molar-refractivity contribution in [2.24, 2.45) is 0 Å². The molecule has 0 aliphatic carbocycles. The Morgan fingerprint density at radius 1 is 0.900 bits per heavy atom. The Morgan fingerprint density at radius 2 is 1.65 bits per heavy atom. The highest BCUT2D eigenvalue weighted by molar-refractivity contribution is 9.10. The minimum absolute atomic E-state index is 0.592. The van der Waals surface area contributed by atoms with E-state index in [4.69, 9.17) is 14.2 Å². The highest BCUT2D eigenvalue weighted by Crippen LogP contribution is 2.25. The Balaban J connectivity index is 1.71. The molecule has 3 nitrogen and oxygen atoms in total. The van der Waals surface area contributed by atoms with E-state index in [0.29, 0.717) is 13.2 Å². The fraction of sp³-hybridized carbons (Fsp3) is 0.250. The number of ether oxygens (including phenoxy) is 3. The molecule has 0 atom stereocenters. The molecule has 2 rings (SSSR count). The smallest absolute Gasteiger partial charge is 0.161 e. The van der Waals surface area contributed by atoms with Crippen LogP contribution in [0.2, 0.25) is 0 Å². The number of hydrogen-bond donors (Lipinski definition) is 0. The van der Waals surface area contributed by atoms with Crippen LogP contribution in [0.15, 0.2) is 53.0 Å². The predicted molar refractivity (Wildman–Crippen MR) is 82.7 cm³/mol. The maximum absolute atomic E-state index is 5.68. The molecule has 0 saturated carbocycles. The third-order valence-corrected chi connectivity index (χ3v) is 3.17. The van der Waals surface area contributed by atoms with Crippen molar-refractivity contribution < 1.29 is 14.2 Å². The van der Waals surface area contributed by atoms with Crippen molar-refractivity contribution in [3.63, 3.8) is 0 Å². The van der Waals surface area contributed by atoms with Gasteiger partial charge in [0.2, 0.25) is 0 Å². The van der Waals surface area contributed by atoms with Crippen molar-refractivity contribution in [3.05, 3.63) is 53.0 Å². The Morgan fingerprint density at radius 3 is 2.40 bits per heavy atom. The van der Waals surface area contributed by atoms with Crippen molar-refractivity contribution in [1.82, 2.24) is 0 Å². The lowest BCUT2D eigenvalue weighted by Crippen LogP contribution is -2.05. The van der Waals surface area contributed by atoms with E-state index < -0.39 is 0 Å². The summed E-state index contributed by atoms with van der Waals surface area (Å²) < 4.78 is 17.6. The number of para-hydroxylation sites is 2. The summed E-state index contributed by atoms with van der Waals surface area (Å²) in [5, 5.41) is 0. The lowest BCUT2D eigenvalue weighted by molar-refractivity contribution is 0.240. The first-order valence-electron chi connectivity index (χ1n) is 6.44. The lowest BCUT2D eigenvalue weighted by atomic mass is 10.3. The molecule has 2 aromatic carbocycles. The summed E-state index contributed by atoms with van der Waals surface area (Å²) >= 11 is 3.41. The number of methoxy groups -OCH3 is 1. The van der Waals surface area contributed by atoms with E-state index in [1.54, 1.807) is 7.11 Å². The molecule has 20 heavy (non-hydrogen) atoms. The first kappa shape index (κ1) is 14.7. The SMILES string of the molecule is COc1ccccc1OCCCOc1cccc(Br)c1. The molecule has 0 fully saturated rings. The van der Waals surface area contributed by atoms with Gasteiger partial charge in [-0.3, -0.25) is 0 Å². The summed E-state index contributed by atoms with van der Waals surface area (Å²) in [6.45, 7) is 1.21. The summed E-state index contributed by atoms with van der Waals surface area (Å²) in [4.78, 5) is 0. The van der Waals surface area contributed by atoms with Crippen LogP contribution in [0.5, 0.6) is 17.2 Å². The molecule has 0 N–H and O–H groups in total. The van der Waals surface area contributed by atoms with Crippen LogP contribution >= 0.6 is 15.9 Å². The van der Waals surface area contributed by atoms with Crippen LogP contribution in [0, 0.1) is 0 Å². The lowest BCUT2D eigenvalue weighted by Gasteiger charge is -2.10. The Labute approximate surface area is 127 Å². The largest absolute Gasteiger partial charge is 0.493 e. The van der Waals surface area contributed by atoms with Crippen LogP contribution in [0.3, 0.4) is 0 Å². The van der Waals surface area contributed by atoms with E-state index in [1.165, 1.54) is 0 Å². The fourth-order valence-corrected chi connectivity index (χ4v) is 2.10. The molecule has 2 aromatic rings. The second kappa shape index (κ2) is 7.80. The molecular formula is C16H17BrO3. The van der Waals surface area contributed by atoms with Crippen LogP contribution in [0.4, 0.5) is 0 Å². The van der Waals surface area contributed by atoms with E-state index in [1.807, 2.05) is 48.5 Å². The molecule has 0 aliphatic rings. The number of rotatable bonds is 7. The summed E-state index contributed by atoms with van der Waals surface area (Å²) in [6.07, 6.45) is 0.810. The molecule has 0 aromatic heterocycles. The highest BCUT2D eigenvalue weighted by atomic mass is 79.9. The van der Waals surface area contributed by atoms with Gasteiger partial charge in [0.05, 0.1) is 20.3 Å². The van der Waals surface area contributed by atoms with Crippen molar-refractivity contribution >= 4 is 15.9 Å². The number of hydrogen-bond acceptors (Lipinski definition) is 3. The molecule has 0 spiro atoms. The summed E-state index contributed by atoms with van der Waals surface area (Å²) in [6, 6.07) is 15.4. The first-order chi connectivity index (χ1) is 9.79. The van der Waals surface area contributed by atoms with Gasteiger partial charge in [0.15, 0.2) is 11.5 Å². The van der Waals surface area contributed by atoms with Crippen molar-refractivity contribution in [2.75, 3.05) is 20.3 Å². The van der Waals surface area contributed by atoms with Gasteiger partial charge in [0.1, 0.15) is 5.75 Å². The molecule has 0 saturated heterocycles. The van der Waals surface area contributed by atoms with Crippen molar-refractivity contribution in [3.8, 4) is 17.2 Å². The average molecular weight is 337 g/mol. The normalized spacial score (nSPS) is 10.1. The predicted octanol–water partition coefficient (Wildman–Crippen LogP) is 4.31. The monoisotopic (exact) mass is 336 g/mol. The van der Waals surface area contributed by atoms with E-state index >= 15 is 0 Å². The highest BCUT2D eigenvalue weighted by Gasteiger charge is 2.02. The van der Waals surface area contributed by atoms with Crippen molar-refractivity contribution in [1.29, 1.82) is 0 Å². The molecule has 0 radical (unpaired) electrons. The molecule has 0 amide bonds. The third kappa shape index (κ3) is 4.46. The van der Waals surface area contributed by atoms with Gasteiger partial charge in [0.25, 0.3) is 0 Å². The van der Waals surface area contributed by atoms with E-state index in [2.05, 4.69) is 15.9 Å². The van der Waals surface area contributed by atoms with Gasteiger partial charge in [-0.2, -0.15) is 0 Å². The van der Waals surface area contributed by atoms with Gasteiger partial charge in [-0.15, -0.1) is 0 Å². The van der Waals surface area contributed by atoms with Crippen LogP contribution in [0.1, 0.15) is 6.42 Å². The van der Waals surface area contributed by atoms with Crippen LogP contribution < -0.4 is 14.2 Å². The van der Waals surface area contributed by atoms with Crippen LogP contribution in [-0.2, 0) is 0 Å². The third-order valence-electron chi connectivity index (χ3n) is 2.68. The molecule has 106 valence electrons. The average Bonchev–Trinajstić information content (AvgIpc) is 2.47.